The fourth-order valence-electron chi connectivity index (χ4n) is 3.37. The largest absolute Gasteiger partial charge is 0.491 e. The summed E-state index contributed by atoms with van der Waals surface area (Å²) >= 11 is 0. The number of rotatable bonds is 8. The first-order valence-corrected chi connectivity index (χ1v) is 10.5. The van der Waals surface area contributed by atoms with Crippen molar-refractivity contribution in [1.82, 2.24) is 19.7 Å². The Morgan fingerprint density at radius 3 is 2.42 bits per heavy atom. The Labute approximate surface area is 182 Å². The van der Waals surface area contributed by atoms with Crippen molar-refractivity contribution in [2.45, 2.75) is 32.8 Å². The number of hydrogen-bond donors (Lipinski definition) is 2. The summed E-state index contributed by atoms with van der Waals surface area (Å²) in [7, 11) is 1.88. The topological polar surface area (TPSA) is 76.9 Å². The lowest BCUT2D eigenvalue weighted by atomic mass is 10.0. The van der Waals surface area contributed by atoms with E-state index in [0.29, 0.717) is 17.7 Å². The van der Waals surface area contributed by atoms with Gasteiger partial charge in [0.15, 0.2) is 5.65 Å². The number of nitrogens with one attached hydrogen (secondary N) is 2. The first-order valence-electron chi connectivity index (χ1n) is 10.5. The molecule has 0 saturated heterocycles. The minimum absolute atomic E-state index is 0.141. The molecule has 0 bridgehead atoms. The van der Waals surface area contributed by atoms with Crippen LogP contribution >= 0.6 is 0 Å². The van der Waals surface area contributed by atoms with Gasteiger partial charge in [-0.25, -0.2) is 0 Å². The maximum absolute atomic E-state index is 5.73. The number of hydrogen-bond acceptors (Lipinski definition) is 6. The third kappa shape index (κ3) is 4.94. The monoisotopic (exact) mass is 416 g/mol. The van der Waals surface area contributed by atoms with Crippen molar-refractivity contribution in [3.63, 3.8) is 0 Å². The second kappa shape index (κ2) is 9.04. The zero-order chi connectivity index (χ0) is 21.8. The van der Waals surface area contributed by atoms with Crippen molar-refractivity contribution in [2.75, 3.05) is 17.2 Å². The summed E-state index contributed by atoms with van der Waals surface area (Å²) in [4.78, 5) is 9.40. The Hall–Kier alpha value is -3.61. The molecule has 2 aromatic carbocycles. The highest BCUT2D eigenvalue weighted by Gasteiger charge is 2.13. The molecule has 0 radical (unpaired) electrons. The highest BCUT2D eigenvalue weighted by Crippen LogP contribution is 2.26. The van der Waals surface area contributed by atoms with E-state index >= 15 is 0 Å². The quantitative estimate of drug-likeness (QED) is 0.416. The zero-order valence-corrected chi connectivity index (χ0v) is 18.3. The SMILES string of the molecule is CC(C)Oc1ccc(Nc2nc(NCC(C)c3ccccc3)nc3c2cnn3C)cc1. The van der Waals surface area contributed by atoms with E-state index in [1.165, 1.54) is 5.56 Å². The van der Waals surface area contributed by atoms with Crippen LogP contribution in [0.25, 0.3) is 11.0 Å². The average molecular weight is 417 g/mol. The molecular formula is C24H28N6O. The van der Waals surface area contributed by atoms with Crippen molar-refractivity contribution in [3.8, 4) is 5.75 Å². The molecule has 0 saturated carbocycles. The molecule has 0 amide bonds. The van der Waals surface area contributed by atoms with Gasteiger partial charge in [0, 0.05) is 19.3 Å². The summed E-state index contributed by atoms with van der Waals surface area (Å²) < 4.78 is 7.48. The highest BCUT2D eigenvalue weighted by molar-refractivity contribution is 5.89. The summed E-state index contributed by atoms with van der Waals surface area (Å²) in [5.74, 6) is 2.45. The van der Waals surface area contributed by atoms with Crippen molar-refractivity contribution in [3.05, 3.63) is 66.4 Å². The average Bonchev–Trinajstić information content (AvgIpc) is 3.15. The molecule has 1 atom stereocenters. The van der Waals surface area contributed by atoms with Gasteiger partial charge < -0.3 is 15.4 Å². The lowest BCUT2D eigenvalue weighted by Gasteiger charge is -2.15. The van der Waals surface area contributed by atoms with Crippen LogP contribution in [0.2, 0.25) is 0 Å². The molecular weight excluding hydrogens is 388 g/mol. The van der Waals surface area contributed by atoms with Crippen molar-refractivity contribution in [1.29, 1.82) is 0 Å². The lowest BCUT2D eigenvalue weighted by Crippen LogP contribution is -2.13. The van der Waals surface area contributed by atoms with Crippen LogP contribution in [0.15, 0.2) is 60.8 Å². The fraction of sp³-hybridized carbons (Fsp3) is 0.292. The molecule has 7 heteroatoms. The van der Waals surface area contributed by atoms with E-state index in [1.807, 2.05) is 51.2 Å². The van der Waals surface area contributed by atoms with Gasteiger partial charge in [0.05, 0.1) is 17.7 Å². The van der Waals surface area contributed by atoms with Crippen LogP contribution in [0, 0.1) is 0 Å². The van der Waals surface area contributed by atoms with E-state index in [-0.39, 0.29) is 6.10 Å². The normalized spacial score (nSPS) is 12.2. The predicted octanol–water partition coefficient (Wildman–Crippen LogP) is 5.11. The second-order valence-corrected chi connectivity index (χ2v) is 7.91. The van der Waals surface area contributed by atoms with Gasteiger partial charge >= 0.3 is 0 Å². The van der Waals surface area contributed by atoms with Crippen LogP contribution in [-0.4, -0.2) is 32.4 Å². The third-order valence-corrected chi connectivity index (χ3v) is 5.02. The van der Waals surface area contributed by atoms with Crippen molar-refractivity contribution in [2.24, 2.45) is 7.05 Å². The van der Waals surface area contributed by atoms with E-state index in [0.717, 1.165) is 29.0 Å². The van der Waals surface area contributed by atoms with Gasteiger partial charge in [0.2, 0.25) is 5.95 Å². The Morgan fingerprint density at radius 1 is 0.968 bits per heavy atom. The molecule has 0 fully saturated rings. The lowest BCUT2D eigenvalue weighted by molar-refractivity contribution is 0.242. The third-order valence-electron chi connectivity index (χ3n) is 5.02. The van der Waals surface area contributed by atoms with Crippen LogP contribution in [0.5, 0.6) is 5.75 Å². The molecule has 7 nitrogen and oxygen atoms in total. The van der Waals surface area contributed by atoms with Gasteiger partial charge in [-0.2, -0.15) is 15.1 Å². The highest BCUT2D eigenvalue weighted by atomic mass is 16.5. The fourth-order valence-corrected chi connectivity index (χ4v) is 3.37. The standard InChI is InChI=1S/C24H28N6O/c1-16(2)31-20-12-10-19(11-13-20)27-22-21-15-26-30(4)23(21)29-24(28-22)25-14-17(3)18-8-6-5-7-9-18/h5-13,15-17H,14H2,1-4H3,(H2,25,27,28,29). The minimum Gasteiger partial charge on any atom is -0.491 e. The van der Waals surface area contributed by atoms with Gasteiger partial charge in [-0.05, 0) is 49.6 Å². The molecule has 0 aliphatic rings. The van der Waals surface area contributed by atoms with Crippen LogP contribution < -0.4 is 15.4 Å². The van der Waals surface area contributed by atoms with E-state index in [4.69, 9.17) is 9.72 Å². The Balaban J connectivity index is 1.55. The predicted molar refractivity (Wildman–Crippen MR) is 125 cm³/mol. The van der Waals surface area contributed by atoms with Gasteiger partial charge in [0.1, 0.15) is 11.6 Å². The molecule has 2 aromatic heterocycles. The molecule has 160 valence electrons. The second-order valence-electron chi connectivity index (χ2n) is 7.91. The van der Waals surface area contributed by atoms with Crippen LogP contribution in [0.1, 0.15) is 32.3 Å². The molecule has 31 heavy (non-hydrogen) atoms. The van der Waals surface area contributed by atoms with Crippen LogP contribution in [0.3, 0.4) is 0 Å². The number of anilines is 3. The summed E-state index contributed by atoms with van der Waals surface area (Å²) in [5, 5.41) is 12.0. The number of ether oxygens (including phenoxy) is 1. The maximum atomic E-state index is 5.73. The first kappa shape index (κ1) is 20.7. The Bertz CT molecular complexity index is 1140. The molecule has 0 aliphatic carbocycles. The molecule has 2 heterocycles. The molecule has 4 rings (SSSR count). The Kier molecular flexibility index (Phi) is 6.02. The van der Waals surface area contributed by atoms with E-state index in [1.54, 1.807) is 10.9 Å². The Morgan fingerprint density at radius 2 is 1.71 bits per heavy atom. The van der Waals surface area contributed by atoms with Crippen LogP contribution in [0.4, 0.5) is 17.5 Å². The number of benzene rings is 2. The van der Waals surface area contributed by atoms with E-state index in [9.17, 15) is 0 Å². The number of fused-ring (bicyclic) bond motifs is 1. The smallest absolute Gasteiger partial charge is 0.226 e. The van der Waals surface area contributed by atoms with Crippen molar-refractivity contribution < 1.29 is 4.74 Å². The molecule has 2 N–H and O–H groups in total. The first-order chi connectivity index (χ1) is 15.0. The summed E-state index contributed by atoms with van der Waals surface area (Å²) in [6.45, 7) is 6.94. The molecule has 4 aromatic rings. The summed E-state index contributed by atoms with van der Waals surface area (Å²) in [5.41, 5.74) is 2.97. The van der Waals surface area contributed by atoms with Gasteiger partial charge in [-0.15, -0.1) is 0 Å². The van der Waals surface area contributed by atoms with Gasteiger partial charge in [-0.3, -0.25) is 4.68 Å². The summed E-state index contributed by atoms with van der Waals surface area (Å²) in [6, 6.07) is 18.3. The minimum atomic E-state index is 0.141. The van der Waals surface area contributed by atoms with Crippen molar-refractivity contribution >= 4 is 28.5 Å². The maximum Gasteiger partial charge on any atom is 0.226 e. The van der Waals surface area contributed by atoms with E-state index in [2.05, 4.69) is 51.9 Å². The number of aromatic nitrogens is 4. The van der Waals surface area contributed by atoms with E-state index < -0.39 is 0 Å². The number of nitrogens with zero attached hydrogens (tertiary/aromatic N) is 4. The molecule has 1 unspecified atom stereocenters. The summed E-state index contributed by atoms with van der Waals surface area (Å²) in [6.07, 6.45) is 1.92. The molecule has 0 aliphatic heterocycles. The zero-order valence-electron chi connectivity index (χ0n) is 18.3. The van der Waals surface area contributed by atoms with Gasteiger partial charge in [0.25, 0.3) is 0 Å². The van der Waals surface area contributed by atoms with Crippen LogP contribution in [-0.2, 0) is 7.05 Å². The number of aryl methyl sites for hydroxylation is 1. The van der Waals surface area contributed by atoms with Gasteiger partial charge in [-0.1, -0.05) is 37.3 Å². The molecule has 0 spiro atoms.